The fourth-order valence-electron chi connectivity index (χ4n) is 1.18. The first-order valence-corrected chi connectivity index (χ1v) is 5.71. The summed E-state index contributed by atoms with van der Waals surface area (Å²) in [5.74, 6) is 0.430. The number of ether oxygens (including phenoxy) is 2. The van der Waals surface area contributed by atoms with Crippen LogP contribution < -0.4 is 4.74 Å². The van der Waals surface area contributed by atoms with Crippen molar-refractivity contribution >= 4 is 22.0 Å². The van der Waals surface area contributed by atoms with Gasteiger partial charge >= 0.3 is 6.09 Å². The van der Waals surface area contributed by atoms with Crippen molar-refractivity contribution in [3.8, 4) is 5.88 Å². The van der Waals surface area contributed by atoms with Gasteiger partial charge in [0.1, 0.15) is 0 Å². The molecule has 0 radical (unpaired) electrons. The first kappa shape index (κ1) is 11.2. The normalized spacial score (nSPS) is 14.2. The lowest BCUT2D eigenvalue weighted by atomic mass is 10.2. The van der Waals surface area contributed by atoms with E-state index >= 15 is 0 Å². The second kappa shape index (κ2) is 5.16. The Labute approximate surface area is 101 Å². The number of pyridine rings is 1. The van der Waals surface area contributed by atoms with Gasteiger partial charge in [-0.2, -0.15) is 0 Å². The highest BCUT2D eigenvalue weighted by Gasteiger charge is 2.21. The van der Waals surface area contributed by atoms with Crippen molar-refractivity contribution in [2.75, 3.05) is 19.9 Å². The summed E-state index contributed by atoms with van der Waals surface area (Å²) in [5.41, 5.74) is 0. The van der Waals surface area contributed by atoms with Gasteiger partial charge in [-0.15, -0.1) is 0 Å². The van der Waals surface area contributed by atoms with E-state index in [1.54, 1.807) is 23.2 Å². The van der Waals surface area contributed by atoms with E-state index in [-0.39, 0.29) is 12.9 Å². The summed E-state index contributed by atoms with van der Waals surface area (Å²) < 4.78 is 10.9. The molecule has 0 aromatic carbocycles. The van der Waals surface area contributed by atoms with E-state index in [9.17, 15) is 4.79 Å². The summed E-state index contributed by atoms with van der Waals surface area (Å²) in [5, 5.41) is 0. The topological polar surface area (TPSA) is 51.7 Å². The van der Waals surface area contributed by atoms with E-state index in [2.05, 4.69) is 20.9 Å². The van der Waals surface area contributed by atoms with Gasteiger partial charge in [-0.3, -0.25) is 0 Å². The molecule has 0 atom stereocenters. The number of hydrogen-bond acceptors (Lipinski definition) is 4. The monoisotopic (exact) mass is 286 g/mol. The van der Waals surface area contributed by atoms with E-state index in [1.807, 2.05) is 0 Å². The van der Waals surface area contributed by atoms with Gasteiger partial charge in [-0.1, -0.05) is 0 Å². The summed E-state index contributed by atoms with van der Waals surface area (Å²) in [6.07, 6.45) is 2.33. The number of rotatable bonds is 3. The fraction of sp³-hybridized carbons (Fsp3) is 0.400. The molecule has 1 aromatic heterocycles. The quantitative estimate of drug-likeness (QED) is 0.798. The van der Waals surface area contributed by atoms with Crippen LogP contribution in [0.4, 0.5) is 4.79 Å². The van der Waals surface area contributed by atoms with Crippen LogP contribution in [-0.2, 0) is 4.74 Å². The standard InChI is InChI=1S/C10H11BrN2O3/c11-8-2-3-9(12-6-8)15-7-16-10(14)13-4-1-5-13/h2-3,6H,1,4-5,7H2. The Morgan fingerprint density at radius 2 is 2.31 bits per heavy atom. The molecule has 0 aliphatic carbocycles. The molecule has 16 heavy (non-hydrogen) atoms. The van der Waals surface area contributed by atoms with Crippen LogP contribution in [0.25, 0.3) is 0 Å². The minimum atomic E-state index is -0.330. The minimum Gasteiger partial charge on any atom is -0.440 e. The molecule has 1 aliphatic heterocycles. The first-order chi connectivity index (χ1) is 7.75. The molecule has 0 unspecified atom stereocenters. The molecule has 2 rings (SSSR count). The Kier molecular flexibility index (Phi) is 3.61. The fourth-order valence-corrected chi connectivity index (χ4v) is 1.41. The van der Waals surface area contributed by atoms with Gasteiger partial charge < -0.3 is 14.4 Å². The lowest BCUT2D eigenvalue weighted by Gasteiger charge is -2.29. The highest BCUT2D eigenvalue weighted by atomic mass is 79.9. The van der Waals surface area contributed by atoms with E-state index in [0.29, 0.717) is 5.88 Å². The Hall–Kier alpha value is -1.30. The van der Waals surface area contributed by atoms with Gasteiger partial charge in [0, 0.05) is 29.8 Å². The summed E-state index contributed by atoms with van der Waals surface area (Å²) in [6, 6.07) is 3.50. The van der Waals surface area contributed by atoms with Crippen LogP contribution in [0.3, 0.4) is 0 Å². The maximum Gasteiger partial charge on any atom is 0.412 e. The molecule has 1 aromatic rings. The average molecular weight is 287 g/mol. The van der Waals surface area contributed by atoms with Crippen molar-refractivity contribution in [2.45, 2.75) is 6.42 Å². The summed E-state index contributed by atoms with van der Waals surface area (Å²) in [6.45, 7) is 1.44. The average Bonchev–Trinajstić information content (AvgIpc) is 2.18. The van der Waals surface area contributed by atoms with Gasteiger partial charge in [-0.25, -0.2) is 9.78 Å². The molecule has 0 saturated carbocycles. The van der Waals surface area contributed by atoms with E-state index in [1.165, 1.54) is 0 Å². The molecule has 0 bridgehead atoms. The molecule has 1 saturated heterocycles. The lowest BCUT2D eigenvalue weighted by Crippen LogP contribution is -2.42. The summed E-state index contributed by atoms with van der Waals surface area (Å²) in [7, 11) is 0. The van der Waals surface area contributed by atoms with Crippen LogP contribution in [0, 0.1) is 0 Å². The lowest BCUT2D eigenvalue weighted by molar-refractivity contribution is 0.0218. The first-order valence-electron chi connectivity index (χ1n) is 4.92. The number of nitrogens with zero attached hydrogens (tertiary/aromatic N) is 2. The smallest absolute Gasteiger partial charge is 0.412 e. The molecule has 2 heterocycles. The maximum atomic E-state index is 11.3. The molecule has 1 fully saturated rings. The van der Waals surface area contributed by atoms with Crippen molar-refractivity contribution in [2.24, 2.45) is 0 Å². The Morgan fingerprint density at radius 1 is 1.50 bits per heavy atom. The molecular formula is C10H11BrN2O3. The number of likely N-dealkylation sites (tertiary alicyclic amines) is 1. The van der Waals surface area contributed by atoms with E-state index in [0.717, 1.165) is 24.0 Å². The predicted octanol–water partition coefficient (Wildman–Crippen LogP) is 2.02. The van der Waals surface area contributed by atoms with Gasteiger partial charge in [0.15, 0.2) is 0 Å². The third-order valence-electron chi connectivity index (χ3n) is 2.20. The zero-order valence-corrected chi connectivity index (χ0v) is 10.1. The molecular weight excluding hydrogens is 276 g/mol. The molecule has 0 spiro atoms. The Bertz CT molecular complexity index is 365. The van der Waals surface area contributed by atoms with Crippen LogP contribution >= 0.6 is 15.9 Å². The van der Waals surface area contributed by atoms with Crippen LogP contribution in [0.5, 0.6) is 5.88 Å². The van der Waals surface area contributed by atoms with Crippen LogP contribution in [-0.4, -0.2) is 35.9 Å². The number of hydrogen-bond donors (Lipinski definition) is 0. The second-order valence-corrected chi connectivity index (χ2v) is 4.24. The minimum absolute atomic E-state index is 0.107. The summed E-state index contributed by atoms with van der Waals surface area (Å²) >= 11 is 3.26. The van der Waals surface area contributed by atoms with Gasteiger partial charge in [0.2, 0.25) is 12.7 Å². The SMILES string of the molecule is O=C(OCOc1ccc(Br)cn1)N1CCC1. The van der Waals surface area contributed by atoms with Crippen molar-refractivity contribution in [3.05, 3.63) is 22.8 Å². The van der Waals surface area contributed by atoms with Gasteiger partial charge in [0.25, 0.3) is 0 Å². The highest BCUT2D eigenvalue weighted by molar-refractivity contribution is 9.10. The zero-order chi connectivity index (χ0) is 11.4. The molecule has 86 valence electrons. The summed E-state index contributed by atoms with van der Waals surface area (Å²) in [4.78, 5) is 16.9. The van der Waals surface area contributed by atoms with Crippen LogP contribution in [0.1, 0.15) is 6.42 Å². The van der Waals surface area contributed by atoms with Crippen molar-refractivity contribution in [3.63, 3.8) is 0 Å². The number of amides is 1. The molecule has 5 nitrogen and oxygen atoms in total. The highest BCUT2D eigenvalue weighted by Crippen LogP contribution is 2.12. The Morgan fingerprint density at radius 3 is 2.88 bits per heavy atom. The largest absolute Gasteiger partial charge is 0.440 e. The van der Waals surface area contributed by atoms with Crippen LogP contribution in [0.2, 0.25) is 0 Å². The third-order valence-corrected chi connectivity index (χ3v) is 2.67. The van der Waals surface area contributed by atoms with Crippen LogP contribution in [0.15, 0.2) is 22.8 Å². The Balaban J connectivity index is 1.71. The molecule has 1 amide bonds. The second-order valence-electron chi connectivity index (χ2n) is 3.33. The maximum absolute atomic E-state index is 11.3. The van der Waals surface area contributed by atoms with Crippen molar-refractivity contribution in [1.82, 2.24) is 9.88 Å². The predicted molar refractivity (Wildman–Crippen MR) is 60.1 cm³/mol. The van der Waals surface area contributed by atoms with Crippen molar-refractivity contribution < 1.29 is 14.3 Å². The zero-order valence-electron chi connectivity index (χ0n) is 8.56. The number of carbonyl (C=O) groups is 1. The number of halogens is 1. The third kappa shape index (κ3) is 2.85. The van der Waals surface area contributed by atoms with E-state index in [4.69, 9.17) is 9.47 Å². The number of aromatic nitrogens is 1. The molecule has 0 N–H and O–H groups in total. The molecule has 1 aliphatic rings. The van der Waals surface area contributed by atoms with Crippen molar-refractivity contribution in [1.29, 1.82) is 0 Å². The molecule has 6 heteroatoms. The number of carbonyl (C=O) groups excluding carboxylic acids is 1. The van der Waals surface area contributed by atoms with Gasteiger partial charge in [-0.05, 0) is 28.4 Å². The van der Waals surface area contributed by atoms with E-state index < -0.39 is 0 Å². The van der Waals surface area contributed by atoms with Gasteiger partial charge in [0.05, 0.1) is 0 Å².